The second kappa shape index (κ2) is 9.45. The monoisotopic (exact) mass is 413 g/mol. The molecule has 152 valence electrons. The summed E-state index contributed by atoms with van der Waals surface area (Å²) in [6.45, 7) is 0.436. The number of rotatable bonds is 7. The highest BCUT2D eigenvalue weighted by atomic mass is 35.5. The Hall–Kier alpha value is -3.03. The van der Waals surface area contributed by atoms with Crippen LogP contribution in [-0.2, 0) is 0 Å². The maximum absolute atomic E-state index is 12.4. The van der Waals surface area contributed by atoms with E-state index in [4.69, 9.17) is 16.3 Å². The van der Waals surface area contributed by atoms with Gasteiger partial charge >= 0.3 is 6.03 Å². The normalized spacial score (nSPS) is 11.9. The summed E-state index contributed by atoms with van der Waals surface area (Å²) in [5, 5.41) is 10.4. The van der Waals surface area contributed by atoms with Gasteiger partial charge in [-0.05, 0) is 56.1 Å². The van der Waals surface area contributed by atoms with Crippen LogP contribution in [0, 0.1) is 0 Å². The smallest absolute Gasteiger partial charge is 0.319 e. The lowest BCUT2D eigenvalue weighted by Gasteiger charge is -2.25. The number of aromatic nitrogens is 2. The third kappa shape index (κ3) is 5.28. The van der Waals surface area contributed by atoms with Gasteiger partial charge in [-0.2, -0.15) is 5.10 Å². The van der Waals surface area contributed by atoms with Gasteiger partial charge in [0.05, 0.1) is 23.9 Å². The van der Waals surface area contributed by atoms with Crippen molar-refractivity contribution in [3.05, 3.63) is 71.5 Å². The first kappa shape index (κ1) is 20.7. The molecule has 0 radical (unpaired) electrons. The molecule has 3 aromatic rings. The minimum absolute atomic E-state index is 0.00151. The number of nitrogens with one attached hydrogen (secondary N) is 2. The molecule has 0 aliphatic rings. The van der Waals surface area contributed by atoms with E-state index in [0.717, 1.165) is 17.0 Å². The zero-order chi connectivity index (χ0) is 20.8. The van der Waals surface area contributed by atoms with E-state index in [2.05, 4.69) is 15.7 Å². The van der Waals surface area contributed by atoms with Crippen LogP contribution in [0.15, 0.2) is 60.9 Å². The molecule has 2 N–H and O–H groups in total. The molecule has 1 unspecified atom stereocenters. The summed E-state index contributed by atoms with van der Waals surface area (Å²) in [4.78, 5) is 14.4. The molecule has 1 heterocycles. The number of hydrogen-bond donors (Lipinski definition) is 2. The minimum atomic E-state index is -0.303. The number of urea groups is 1. The molecule has 0 bridgehead atoms. The third-order valence-corrected chi connectivity index (χ3v) is 4.82. The summed E-state index contributed by atoms with van der Waals surface area (Å²) in [7, 11) is 5.58. The van der Waals surface area contributed by atoms with Gasteiger partial charge in [0.2, 0.25) is 0 Å². The molecule has 0 fully saturated rings. The number of carbonyl (C=O) groups is 1. The summed E-state index contributed by atoms with van der Waals surface area (Å²) in [6.07, 6.45) is 3.49. The fraction of sp³-hybridized carbons (Fsp3) is 0.238. The summed E-state index contributed by atoms with van der Waals surface area (Å²) < 4.78 is 6.97. The van der Waals surface area contributed by atoms with Gasteiger partial charge in [0, 0.05) is 24.6 Å². The van der Waals surface area contributed by atoms with E-state index in [-0.39, 0.29) is 12.1 Å². The minimum Gasteiger partial charge on any atom is -0.497 e. The zero-order valence-electron chi connectivity index (χ0n) is 16.6. The van der Waals surface area contributed by atoms with E-state index in [1.807, 2.05) is 55.4 Å². The molecule has 0 saturated heterocycles. The Morgan fingerprint density at radius 1 is 1.24 bits per heavy atom. The Kier molecular flexibility index (Phi) is 6.74. The van der Waals surface area contributed by atoms with Crippen LogP contribution in [-0.4, -0.2) is 48.5 Å². The lowest BCUT2D eigenvalue weighted by atomic mass is 10.1. The van der Waals surface area contributed by atoms with Crippen LogP contribution in [0.2, 0.25) is 5.02 Å². The Morgan fingerprint density at radius 3 is 2.72 bits per heavy atom. The molecule has 0 saturated carbocycles. The number of ether oxygens (including phenoxy) is 1. The van der Waals surface area contributed by atoms with Gasteiger partial charge in [0.15, 0.2) is 0 Å². The maximum atomic E-state index is 12.4. The number of halogens is 1. The van der Waals surface area contributed by atoms with Crippen molar-refractivity contribution in [2.24, 2.45) is 0 Å². The predicted molar refractivity (Wildman–Crippen MR) is 115 cm³/mol. The van der Waals surface area contributed by atoms with Crippen LogP contribution in [0.4, 0.5) is 10.5 Å². The van der Waals surface area contributed by atoms with Crippen LogP contribution in [0.25, 0.3) is 5.69 Å². The number of likely N-dealkylation sites (N-methyl/N-ethyl adjacent to an activating group) is 1. The lowest BCUT2D eigenvalue weighted by Crippen LogP contribution is -2.36. The Bertz CT molecular complexity index is 959. The van der Waals surface area contributed by atoms with Crippen molar-refractivity contribution in [2.45, 2.75) is 6.04 Å². The molecule has 0 aliphatic carbocycles. The van der Waals surface area contributed by atoms with Gasteiger partial charge in [0.25, 0.3) is 0 Å². The molecule has 0 spiro atoms. The number of methoxy groups -OCH3 is 1. The van der Waals surface area contributed by atoms with Crippen molar-refractivity contribution in [1.29, 1.82) is 0 Å². The highest BCUT2D eigenvalue weighted by Crippen LogP contribution is 2.24. The molecular formula is C21H24ClN5O2. The average Bonchev–Trinajstić information content (AvgIpc) is 3.22. The summed E-state index contributed by atoms with van der Waals surface area (Å²) in [6, 6.07) is 14.6. The summed E-state index contributed by atoms with van der Waals surface area (Å²) >= 11 is 6.33. The fourth-order valence-corrected chi connectivity index (χ4v) is 3.26. The molecular weight excluding hydrogens is 390 g/mol. The van der Waals surface area contributed by atoms with Crippen molar-refractivity contribution in [2.75, 3.05) is 33.1 Å². The second-order valence-corrected chi connectivity index (χ2v) is 7.12. The third-order valence-electron chi connectivity index (χ3n) is 4.51. The SMILES string of the molecule is COc1cccc(C(CNC(=O)Nc2ccc(-n3cccn3)c(Cl)c2)N(C)C)c1. The van der Waals surface area contributed by atoms with E-state index >= 15 is 0 Å². The number of hydrogen-bond acceptors (Lipinski definition) is 4. The maximum Gasteiger partial charge on any atom is 0.319 e. The molecule has 29 heavy (non-hydrogen) atoms. The molecule has 0 aliphatic heterocycles. The molecule has 8 heteroatoms. The standard InChI is InChI=1S/C21H24ClN5O2/c1-26(2)20(15-6-4-7-17(12-15)29-3)14-23-21(28)25-16-8-9-19(18(22)13-16)27-11-5-10-24-27/h4-13,20H,14H2,1-3H3,(H2,23,25,28). The largest absolute Gasteiger partial charge is 0.497 e. The molecule has 2 aromatic carbocycles. The van der Waals surface area contributed by atoms with Crippen LogP contribution in [0.1, 0.15) is 11.6 Å². The Balaban J connectivity index is 1.63. The van der Waals surface area contributed by atoms with E-state index in [1.165, 1.54) is 0 Å². The van der Waals surface area contributed by atoms with Crippen molar-refractivity contribution in [3.63, 3.8) is 0 Å². The first-order valence-electron chi connectivity index (χ1n) is 9.12. The number of anilines is 1. The second-order valence-electron chi connectivity index (χ2n) is 6.71. The molecule has 1 aromatic heterocycles. The topological polar surface area (TPSA) is 71.4 Å². The Labute approximate surface area is 175 Å². The van der Waals surface area contributed by atoms with Gasteiger partial charge in [0.1, 0.15) is 5.75 Å². The zero-order valence-corrected chi connectivity index (χ0v) is 17.3. The number of benzene rings is 2. The number of carbonyl (C=O) groups excluding carboxylic acids is 1. The van der Waals surface area contributed by atoms with Crippen LogP contribution < -0.4 is 15.4 Å². The van der Waals surface area contributed by atoms with Crippen molar-refractivity contribution < 1.29 is 9.53 Å². The summed E-state index contributed by atoms with van der Waals surface area (Å²) in [5.74, 6) is 0.783. The highest BCUT2D eigenvalue weighted by molar-refractivity contribution is 6.32. The summed E-state index contributed by atoms with van der Waals surface area (Å²) in [5.41, 5.74) is 2.40. The van der Waals surface area contributed by atoms with Gasteiger partial charge in [-0.15, -0.1) is 0 Å². The van der Waals surface area contributed by atoms with Gasteiger partial charge in [-0.3, -0.25) is 0 Å². The first-order chi connectivity index (χ1) is 14.0. The molecule has 1 atom stereocenters. The Morgan fingerprint density at radius 2 is 2.07 bits per heavy atom. The van der Waals surface area contributed by atoms with Gasteiger partial charge < -0.3 is 20.3 Å². The van der Waals surface area contributed by atoms with Gasteiger partial charge in [-0.1, -0.05) is 23.7 Å². The van der Waals surface area contributed by atoms with Gasteiger partial charge in [-0.25, -0.2) is 9.48 Å². The van der Waals surface area contributed by atoms with Crippen LogP contribution in [0.5, 0.6) is 5.75 Å². The average molecular weight is 414 g/mol. The quantitative estimate of drug-likeness (QED) is 0.615. The number of amides is 2. The van der Waals surface area contributed by atoms with E-state index < -0.39 is 0 Å². The van der Waals surface area contributed by atoms with E-state index in [1.54, 1.807) is 36.3 Å². The van der Waals surface area contributed by atoms with Crippen molar-refractivity contribution in [3.8, 4) is 11.4 Å². The molecule has 2 amide bonds. The van der Waals surface area contributed by atoms with E-state index in [9.17, 15) is 4.79 Å². The van der Waals surface area contributed by atoms with Crippen LogP contribution >= 0.6 is 11.6 Å². The van der Waals surface area contributed by atoms with E-state index in [0.29, 0.717) is 17.3 Å². The molecule has 7 nitrogen and oxygen atoms in total. The van der Waals surface area contributed by atoms with Crippen molar-refractivity contribution >= 4 is 23.3 Å². The first-order valence-corrected chi connectivity index (χ1v) is 9.50. The van der Waals surface area contributed by atoms with Crippen molar-refractivity contribution in [1.82, 2.24) is 20.0 Å². The fourth-order valence-electron chi connectivity index (χ4n) is 2.99. The molecule has 3 rings (SSSR count). The van der Waals surface area contributed by atoms with Crippen LogP contribution in [0.3, 0.4) is 0 Å². The predicted octanol–water partition coefficient (Wildman–Crippen LogP) is 3.96. The number of nitrogens with zero attached hydrogens (tertiary/aromatic N) is 3. The lowest BCUT2D eigenvalue weighted by molar-refractivity contribution is 0.243. The highest BCUT2D eigenvalue weighted by Gasteiger charge is 2.16.